The van der Waals surface area contributed by atoms with Crippen molar-refractivity contribution in [3.63, 3.8) is 0 Å². The lowest BCUT2D eigenvalue weighted by Crippen LogP contribution is -2.27. The molecule has 0 fully saturated rings. The Bertz CT molecular complexity index is 218. The van der Waals surface area contributed by atoms with Crippen LogP contribution in [0.3, 0.4) is 0 Å². The molecule has 0 aliphatic heterocycles. The summed E-state index contributed by atoms with van der Waals surface area (Å²) in [6.07, 6.45) is 25.9. The molecule has 0 unspecified atom stereocenters. The van der Waals surface area contributed by atoms with Gasteiger partial charge in [-0.2, -0.15) is 0 Å². The summed E-state index contributed by atoms with van der Waals surface area (Å²) in [7, 11) is 0. The van der Waals surface area contributed by atoms with Gasteiger partial charge in [-0.15, -0.1) is 0 Å². The second kappa shape index (κ2) is 22.0. The zero-order valence-electron chi connectivity index (χ0n) is 18.3. The Labute approximate surface area is 161 Å². The van der Waals surface area contributed by atoms with Crippen LogP contribution in [-0.4, -0.2) is 24.5 Å². The highest BCUT2D eigenvalue weighted by molar-refractivity contribution is 4.58. The molecule has 0 bridgehead atoms. The van der Waals surface area contributed by atoms with Crippen LogP contribution >= 0.6 is 0 Å². The highest BCUT2D eigenvalue weighted by Crippen LogP contribution is 2.13. The lowest BCUT2D eigenvalue weighted by Gasteiger charge is -2.21. The first-order chi connectivity index (χ1) is 12.3. The van der Waals surface area contributed by atoms with Gasteiger partial charge in [-0.05, 0) is 38.9 Å². The molecule has 0 amide bonds. The zero-order valence-corrected chi connectivity index (χ0v) is 18.3. The van der Waals surface area contributed by atoms with Gasteiger partial charge in [0.25, 0.3) is 0 Å². The molecule has 0 rings (SSSR count). The van der Waals surface area contributed by atoms with Crippen molar-refractivity contribution in [2.45, 2.75) is 136 Å². The molecule has 25 heavy (non-hydrogen) atoms. The zero-order chi connectivity index (χ0) is 18.4. The van der Waals surface area contributed by atoms with E-state index in [1.165, 1.54) is 135 Å². The van der Waals surface area contributed by atoms with Crippen molar-refractivity contribution in [3.8, 4) is 0 Å². The van der Waals surface area contributed by atoms with E-state index in [9.17, 15) is 0 Å². The van der Waals surface area contributed by atoms with Crippen LogP contribution < -0.4 is 0 Å². The summed E-state index contributed by atoms with van der Waals surface area (Å²) in [5.74, 6) is 0. The Morgan fingerprint density at radius 1 is 0.320 bits per heavy atom. The smallest absolute Gasteiger partial charge is 0.00187 e. The third kappa shape index (κ3) is 20.1. The third-order valence-corrected chi connectivity index (χ3v) is 5.48. The molecule has 1 heteroatoms. The van der Waals surface area contributed by atoms with Crippen LogP contribution in [0.4, 0.5) is 0 Å². The average Bonchev–Trinajstić information content (AvgIpc) is 2.63. The Balaban J connectivity index is 3.27. The highest BCUT2D eigenvalue weighted by Gasteiger charge is 2.03. The Morgan fingerprint density at radius 3 is 0.960 bits per heavy atom. The Hall–Kier alpha value is -0.0400. The van der Waals surface area contributed by atoms with Gasteiger partial charge in [-0.25, -0.2) is 0 Å². The molecule has 0 radical (unpaired) electrons. The van der Waals surface area contributed by atoms with E-state index in [1.807, 2.05) is 0 Å². The van der Waals surface area contributed by atoms with Crippen molar-refractivity contribution in [2.75, 3.05) is 19.6 Å². The van der Waals surface area contributed by atoms with Gasteiger partial charge >= 0.3 is 0 Å². The van der Waals surface area contributed by atoms with E-state index in [-0.39, 0.29) is 0 Å². The van der Waals surface area contributed by atoms with Crippen molar-refractivity contribution < 1.29 is 0 Å². The number of rotatable bonds is 21. The first-order valence-electron chi connectivity index (χ1n) is 12.1. The summed E-state index contributed by atoms with van der Waals surface area (Å²) in [4.78, 5) is 2.72. The molecule has 0 heterocycles. The summed E-state index contributed by atoms with van der Waals surface area (Å²) in [5.41, 5.74) is 0. The monoisotopic (exact) mass is 353 g/mol. The van der Waals surface area contributed by atoms with E-state index in [4.69, 9.17) is 0 Å². The molecule has 0 saturated carbocycles. The van der Waals surface area contributed by atoms with Crippen LogP contribution in [0.15, 0.2) is 0 Å². The largest absolute Gasteiger partial charge is 0.303 e. The molecular weight excluding hydrogens is 302 g/mol. The van der Waals surface area contributed by atoms with Gasteiger partial charge in [-0.1, -0.05) is 117 Å². The van der Waals surface area contributed by atoms with Crippen molar-refractivity contribution in [3.05, 3.63) is 0 Å². The van der Waals surface area contributed by atoms with Gasteiger partial charge in [0.15, 0.2) is 0 Å². The van der Waals surface area contributed by atoms with E-state index in [1.54, 1.807) is 0 Å². The second-order valence-corrected chi connectivity index (χ2v) is 8.14. The quantitative estimate of drug-likeness (QED) is 0.187. The molecular formula is C24H51N. The molecule has 0 spiro atoms. The van der Waals surface area contributed by atoms with Gasteiger partial charge in [0, 0.05) is 0 Å². The number of hydrogen-bond acceptors (Lipinski definition) is 1. The molecule has 0 saturated heterocycles. The molecule has 0 aromatic carbocycles. The third-order valence-electron chi connectivity index (χ3n) is 5.48. The van der Waals surface area contributed by atoms with E-state index >= 15 is 0 Å². The lowest BCUT2D eigenvalue weighted by atomic mass is 10.0. The van der Waals surface area contributed by atoms with Crippen molar-refractivity contribution in [1.82, 2.24) is 4.90 Å². The van der Waals surface area contributed by atoms with Crippen LogP contribution in [-0.2, 0) is 0 Å². The molecule has 0 aromatic heterocycles. The van der Waals surface area contributed by atoms with E-state index in [0.717, 1.165) is 0 Å². The molecule has 152 valence electrons. The normalized spacial score (nSPS) is 11.5. The van der Waals surface area contributed by atoms with Crippen LogP contribution in [0.5, 0.6) is 0 Å². The van der Waals surface area contributed by atoms with E-state index in [0.29, 0.717) is 0 Å². The van der Waals surface area contributed by atoms with Crippen LogP contribution in [0, 0.1) is 0 Å². The van der Waals surface area contributed by atoms with Crippen LogP contribution in [0.2, 0.25) is 0 Å². The van der Waals surface area contributed by atoms with Crippen LogP contribution in [0.1, 0.15) is 136 Å². The maximum Gasteiger partial charge on any atom is -0.00187 e. The molecule has 0 atom stereocenters. The van der Waals surface area contributed by atoms with Crippen molar-refractivity contribution >= 4 is 0 Å². The summed E-state index contributed by atoms with van der Waals surface area (Å²) >= 11 is 0. The summed E-state index contributed by atoms with van der Waals surface area (Å²) in [6, 6.07) is 0. The van der Waals surface area contributed by atoms with E-state index in [2.05, 4.69) is 25.7 Å². The first kappa shape index (κ1) is 25.0. The Kier molecular flexibility index (Phi) is 22.0. The average molecular weight is 354 g/mol. The standard InChI is InChI=1S/C24H51N/c1-4-7-10-11-12-13-14-15-16-17-18-19-20-21-24-25(22-8-5-2)23-9-6-3/h4-24H2,1-3H3. The van der Waals surface area contributed by atoms with Gasteiger partial charge < -0.3 is 4.90 Å². The SMILES string of the molecule is CCCCCCCCCCCCCCCCN(CCCC)CCCC. The maximum atomic E-state index is 2.72. The molecule has 0 aliphatic carbocycles. The molecule has 0 aliphatic rings. The maximum absolute atomic E-state index is 2.72. The fourth-order valence-corrected chi connectivity index (χ4v) is 3.63. The minimum Gasteiger partial charge on any atom is -0.303 e. The van der Waals surface area contributed by atoms with Crippen molar-refractivity contribution in [1.29, 1.82) is 0 Å². The molecule has 1 nitrogen and oxygen atoms in total. The first-order valence-corrected chi connectivity index (χ1v) is 12.1. The van der Waals surface area contributed by atoms with Crippen LogP contribution in [0.25, 0.3) is 0 Å². The summed E-state index contributed by atoms with van der Waals surface area (Å²) in [5, 5.41) is 0. The van der Waals surface area contributed by atoms with Crippen molar-refractivity contribution in [2.24, 2.45) is 0 Å². The minimum absolute atomic E-state index is 1.33. The predicted molar refractivity (Wildman–Crippen MR) is 117 cm³/mol. The van der Waals surface area contributed by atoms with Gasteiger partial charge in [0.1, 0.15) is 0 Å². The molecule has 0 aromatic rings. The summed E-state index contributed by atoms with van der Waals surface area (Å²) < 4.78 is 0. The number of unbranched alkanes of at least 4 members (excludes halogenated alkanes) is 15. The number of hydrogen-bond donors (Lipinski definition) is 0. The fraction of sp³-hybridized carbons (Fsp3) is 1.00. The fourth-order valence-electron chi connectivity index (χ4n) is 3.63. The highest BCUT2D eigenvalue weighted by atomic mass is 15.1. The van der Waals surface area contributed by atoms with Gasteiger partial charge in [0.2, 0.25) is 0 Å². The predicted octanol–water partition coefficient (Wildman–Crippen LogP) is 8.37. The Morgan fingerprint density at radius 2 is 0.600 bits per heavy atom. The lowest BCUT2D eigenvalue weighted by molar-refractivity contribution is 0.259. The second-order valence-electron chi connectivity index (χ2n) is 8.14. The van der Waals surface area contributed by atoms with Gasteiger partial charge in [-0.3, -0.25) is 0 Å². The molecule has 0 N–H and O–H groups in total. The van der Waals surface area contributed by atoms with E-state index < -0.39 is 0 Å². The topological polar surface area (TPSA) is 3.24 Å². The van der Waals surface area contributed by atoms with Gasteiger partial charge in [0.05, 0.1) is 0 Å². The number of nitrogens with zero attached hydrogens (tertiary/aromatic N) is 1. The minimum atomic E-state index is 1.33. The summed E-state index contributed by atoms with van der Waals surface area (Å²) in [6.45, 7) is 10.9.